The Kier molecular flexibility index (Phi) is 6.53. The van der Waals surface area contributed by atoms with E-state index in [1.54, 1.807) is 60.7 Å². The molecule has 5 nitrogen and oxygen atoms in total. The molecule has 0 saturated carbocycles. The van der Waals surface area contributed by atoms with Gasteiger partial charge >= 0.3 is 5.97 Å². The maximum atomic E-state index is 12.5. The predicted molar refractivity (Wildman–Crippen MR) is 110 cm³/mol. The van der Waals surface area contributed by atoms with Gasteiger partial charge in [-0.1, -0.05) is 72.8 Å². The number of carbonyl (C=O) groups excluding carboxylic acids is 3. The normalized spacial score (nSPS) is 11.3. The second-order valence-corrected chi connectivity index (χ2v) is 6.51. The van der Waals surface area contributed by atoms with Gasteiger partial charge in [-0.15, -0.1) is 0 Å². The van der Waals surface area contributed by atoms with Crippen molar-refractivity contribution in [2.45, 2.75) is 12.5 Å². The van der Waals surface area contributed by atoms with E-state index in [4.69, 9.17) is 4.74 Å². The van der Waals surface area contributed by atoms with Gasteiger partial charge in [0.25, 0.3) is 5.91 Å². The first kappa shape index (κ1) is 20.0. The third-order valence-corrected chi connectivity index (χ3v) is 4.52. The van der Waals surface area contributed by atoms with Gasteiger partial charge in [0.1, 0.15) is 6.04 Å². The van der Waals surface area contributed by atoms with Crippen LogP contribution in [-0.2, 0) is 16.0 Å². The van der Waals surface area contributed by atoms with Gasteiger partial charge in [0.05, 0.1) is 7.11 Å². The van der Waals surface area contributed by atoms with Gasteiger partial charge in [-0.05, 0) is 17.7 Å². The summed E-state index contributed by atoms with van der Waals surface area (Å²) < 4.78 is 4.83. The molecule has 1 amide bonds. The molecule has 5 heteroatoms. The molecule has 0 heterocycles. The maximum Gasteiger partial charge on any atom is 0.328 e. The number of carbonyl (C=O) groups is 3. The Labute approximate surface area is 169 Å². The van der Waals surface area contributed by atoms with Crippen LogP contribution in [0.5, 0.6) is 0 Å². The fourth-order valence-electron chi connectivity index (χ4n) is 2.95. The zero-order chi connectivity index (χ0) is 20.6. The van der Waals surface area contributed by atoms with Gasteiger partial charge in [0.15, 0.2) is 5.78 Å². The first-order valence-electron chi connectivity index (χ1n) is 9.21. The van der Waals surface area contributed by atoms with Crippen molar-refractivity contribution < 1.29 is 19.1 Å². The van der Waals surface area contributed by atoms with Crippen molar-refractivity contribution in [3.05, 3.63) is 107 Å². The van der Waals surface area contributed by atoms with Crippen molar-refractivity contribution in [2.24, 2.45) is 0 Å². The Morgan fingerprint density at radius 1 is 0.759 bits per heavy atom. The van der Waals surface area contributed by atoms with E-state index in [9.17, 15) is 14.4 Å². The van der Waals surface area contributed by atoms with Crippen molar-refractivity contribution >= 4 is 17.7 Å². The van der Waals surface area contributed by atoms with E-state index >= 15 is 0 Å². The second-order valence-electron chi connectivity index (χ2n) is 6.51. The van der Waals surface area contributed by atoms with Gasteiger partial charge in [-0.3, -0.25) is 9.59 Å². The Balaban J connectivity index is 1.72. The van der Waals surface area contributed by atoms with Crippen LogP contribution < -0.4 is 5.32 Å². The zero-order valence-electron chi connectivity index (χ0n) is 16.0. The third kappa shape index (κ3) is 5.17. The van der Waals surface area contributed by atoms with Crippen LogP contribution in [0, 0.1) is 0 Å². The van der Waals surface area contributed by atoms with E-state index < -0.39 is 12.0 Å². The lowest BCUT2D eigenvalue weighted by atomic mass is 9.99. The van der Waals surface area contributed by atoms with Crippen LogP contribution in [0.2, 0.25) is 0 Å². The number of hydrogen-bond acceptors (Lipinski definition) is 4. The van der Waals surface area contributed by atoms with Crippen molar-refractivity contribution in [3.63, 3.8) is 0 Å². The number of hydrogen-bond donors (Lipinski definition) is 1. The standard InChI is InChI=1S/C24H21NO4/c1-29-24(28)21(25-23(27)20-10-6-3-7-11-20)16-17-12-14-19(15-13-17)22(26)18-8-4-2-5-9-18/h2-15,21H,16H2,1H3,(H,25,27)/t21-/m1/s1. The first-order valence-corrected chi connectivity index (χ1v) is 9.21. The molecule has 0 aliphatic rings. The second kappa shape index (κ2) is 9.46. The molecule has 0 saturated heterocycles. The van der Waals surface area contributed by atoms with E-state index in [1.807, 2.05) is 24.3 Å². The van der Waals surface area contributed by atoms with Crippen LogP contribution in [0.3, 0.4) is 0 Å². The smallest absolute Gasteiger partial charge is 0.328 e. The van der Waals surface area contributed by atoms with Crippen LogP contribution in [-0.4, -0.2) is 30.8 Å². The summed E-state index contributed by atoms with van der Waals surface area (Å²) >= 11 is 0. The Morgan fingerprint density at radius 2 is 1.28 bits per heavy atom. The van der Waals surface area contributed by atoms with Crippen LogP contribution in [0.15, 0.2) is 84.9 Å². The molecule has 0 unspecified atom stereocenters. The molecular weight excluding hydrogens is 366 g/mol. The van der Waals surface area contributed by atoms with Gasteiger partial charge in [0, 0.05) is 23.1 Å². The van der Waals surface area contributed by atoms with E-state index in [2.05, 4.69) is 5.32 Å². The van der Waals surface area contributed by atoms with Gasteiger partial charge in [-0.25, -0.2) is 4.79 Å². The van der Waals surface area contributed by atoms with Crippen molar-refractivity contribution in [1.82, 2.24) is 5.32 Å². The summed E-state index contributed by atoms with van der Waals surface area (Å²) in [6, 6.07) is 23.9. The molecule has 146 valence electrons. The first-order chi connectivity index (χ1) is 14.1. The van der Waals surface area contributed by atoms with Crippen molar-refractivity contribution in [2.75, 3.05) is 7.11 Å². The molecule has 1 atom stereocenters. The summed E-state index contributed by atoms with van der Waals surface area (Å²) in [6.45, 7) is 0. The van der Waals surface area contributed by atoms with Crippen LogP contribution in [0.1, 0.15) is 31.8 Å². The Hall–Kier alpha value is -3.73. The minimum absolute atomic E-state index is 0.0703. The van der Waals surface area contributed by atoms with Crippen molar-refractivity contribution in [1.29, 1.82) is 0 Å². The highest BCUT2D eigenvalue weighted by Crippen LogP contribution is 2.13. The van der Waals surface area contributed by atoms with Gasteiger partial charge < -0.3 is 10.1 Å². The van der Waals surface area contributed by atoms with Crippen LogP contribution in [0.25, 0.3) is 0 Å². The SMILES string of the molecule is COC(=O)[C@@H](Cc1ccc(C(=O)c2ccccc2)cc1)NC(=O)c1ccccc1. The minimum Gasteiger partial charge on any atom is -0.467 e. The highest BCUT2D eigenvalue weighted by molar-refractivity contribution is 6.08. The van der Waals surface area contributed by atoms with E-state index in [0.717, 1.165) is 5.56 Å². The summed E-state index contributed by atoms with van der Waals surface area (Å²) in [5, 5.41) is 2.72. The van der Waals surface area contributed by atoms with Crippen molar-refractivity contribution in [3.8, 4) is 0 Å². The summed E-state index contributed by atoms with van der Waals surface area (Å²) in [7, 11) is 1.28. The molecule has 0 bridgehead atoms. The molecule has 0 radical (unpaired) electrons. The molecule has 0 aromatic heterocycles. The molecule has 0 spiro atoms. The van der Waals surface area contributed by atoms with Gasteiger partial charge in [0.2, 0.25) is 0 Å². The van der Waals surface area contributed by atoms with Crippen LogP contribution >= 0.6 is 0 Å². The average molecular weight is 387 g/mol. The molecule has 3 rings (SSSR count). The Bertz CT molecular complexity index is 982. The lowest BCUT2D eigenvalue weighted by Gasteiger charge is -2.17. The largest absolute Gasteiger partial charge is 0.467 e. The number of nitrogens with one attached hydrogen (secondary N) is 1. The average Bonchev–Trinajstić information content (AvgIpc) is 2.79. The summed E-state index contributed by atoms with van der Waals surface area (Å²) in [6.07, 6.45) is 0.255. The molecular formula is C24H21NO4. The molecule has 1 N–H and O–H groups in total. The number of rotatable bonds is 7. The number of ether oxygens (including phenoxy) is 1. The fourth-order valence-corrected chi connectivity index (χ4v) is 2.95. The quantitative estimate of drug-likeness (QED) is 0.498. The number of amides is 1. The van der Waals surface area contributed by atoms with Gasteiger partial charge in [-0.2, -0.15) is 0 Å². The maximum absolute atomic E-state index is 12.5. The highest BCUT2D eigenvalue weighted by Gasteiger charge is 2.22. The third-order valence-electron chi connectivity index (χ3n) is 4.52. The number of ketones is 1. The minimum atomic E-state index is -0.830. The molecule has 0 fully saturated rings. The molecule has 0 aliphatic carbocycles. The monoisotopic (exact) mass is 387 g/mol. The highest BCUT2D eigenvalue weighted by atomic mass is 16.5. The molecule has 29 heavy (non-hydrogen) atoms. The molecule has 3 aromatic rings. The van der Waals surface area contributed by atoms with E-state index in [0.29, 0.717) is 16.7 Å². The van der Waals surface area contributed by atoms with Crippen LogP contribution in [0.4, 0.5) is 0 Å². The number of methoxy groups -OCH3 is 1. The predicted octanol–water partition coefficient (Wildman–Crippen LogP) is 3.43. The fraction of sp³-hybridized carbons (Fsp3) is 0.125. The Morgan fingerprint density at radius 3 is 1.83 bits per heavy atom. The summed E-state index contributed by atoms with van der Waals surface area (Å²) in [4.78, 5) is 37.1. The topological polar surface area (TPSA) is 72.5 Å². The zero-order valence-corrected chi connectivity index (χ0v) is 16.0. The number of benzene rings is 3. The lowest BCUT2D eigenvalue weighted by molar-refractivity contribution is -0.142. The summed E-state index contributed by atoms with van der Waals surface area (Å²) in [5.41, 5.74) is 2.44. The number of esters is 1. The van der Waals surface area contributed by atoms with E-state index in [-0.39, 0.29) is 18.1 Å². The summed E-state index contributed by atoms with van der Waals surface area (Å²) in [5.74, 6) is -0.949. The lowest BCUT2D eigenvalue weighted by Crippen LogP contribution is -2.43. The van der Waals surface area contributed by atoms with E-state index in [1.165, 1.54) is 7.11 Å². The molecule has 0 aliphatic heterocycles. The molecule has 3 aromatic carbocycles.